The number of piperidine rings is 1. The van der Waals surface area contributed by atoms with Crippen molar-refractivity contribution < 1.29 is 4.79 Å². The molecule has 21 heavy (non-hydrogen) atoms. The first-order valence-corrected chi connectivity index (χ1v) is 7.67. The van der Waals surface area contributed by atoms with Crippen LogP contribution < -0.4 is 0 Å². The Morgan fingerprint density at radius 1 is 1.14 bits per heavy atom. The molecular formula is C17H19N3O. The summed E-state index contributed by atoms with van der Waals surface area (Å²) < 4.78 is 0. The van der Waals surface area contributed by atoms with E-state index in [0.29, 0.717) is 18.3 Å². The highest BCUT2D eigenvalue weighted by Crippen LogP contribution is 2.46. The molecule has 2 unspecified atom stereocenters. The van der Waals surface area contributed by atoms with Crippen molar-refractivity contribution >= 4 is 16.8 Å². The Kier molecular flexibility index (Phi) is 3.00. The third-order valence-corrected chi connectivity index (χ3v) is 4.86. The van der Waals surface area contributed by atoms with Gasteiger partial charge in [-0.25, -0.2) is 0 Å². The van der Waals surface area contributed by atoms with Crippen LogP contribution in [0.1, 0.15) is 42.7 Å². The highest BCUT2D eigenvalue weighted by atomic mass is 16.1. The minimum absolute atomic E-state index is 0.282. The monoisotopic (exact) mass is 281 g/mol. The molecule has 1 aromatic carbocycles. The van der Waals surface area contributed by atoms with Crippen LogP contribution in [0.5, 0.6) is 0 Å². The van der Waals surface area contributed by atoms with E-state index in [9.17, 15) is 4.79 Å². The van der Waals surface area contributed by atoms with Crippen LogP contribution in [0.4, 0.5) is 0 Å². The topological polar surface area (TPSA) is 46.1 Å². The van der Waals surface area contributed by atoms with Crippen molar-refractivity contribution in [2.45, 2.75) is 31.6 Å². The third kappa shape index (κ3) is 2.23. The summed E-state index contributed by atoms with van der Waals surface area (Å²) in [7, 11) is 0. The van der Waals surface area contributed by atoms with E-state index in [0.717, 1.165) is 30.7 Å². The molecule has 4 heteroatoms. The summed E-state index contributed by atoms with van der Waals surface area (Å²) in [5, 5.41) is 0. The van der Waals surface area contributed by atoms with Crippen molar-refractivity contribution in [2.75, 3.05) is 19.6 Å². The number of hydrogen-bond acceptors (Lipinski definition) is 4. The smallest absolute Gasteiger partial charge is 0.131 e. The molecule has 2 aromatic rings. The molecule has 2 heterocycles. The summed E-state index contributed by atoms with van der Waals surface area (Å²) >= 11 is 0. The van der Waals surface area contributed by atoms with Crippen LogP contribution in [0.2, 0.25) is 0 Å². The van der Waals surface area contributed by atoms with Crippen molar-refractivity contribution in [2.24, 2.45) is 0 Å². The lowest BCUT2D eigenvalue weighted by Crippen LogP contribution is -2.36. The van der Waals surface area contributed by atoms with Gasteiger partial charge in [0.2, 0.25) is 0 Å². The fourth-order valence-corrected chi connectivity index (χ4v) is 3.89. The Morgan fingerprint density at radius 2 is 1.71 bits per heavy atom. The molecule has 0 spiro atoms. The van der Waals surface area contributed by atoms with Crippen molar-refractivity contribution in [3.05, 3.63) is 35.7 Å². The Labute approximate surface area is 124 Å². The van der Waals surface area contributed by atoms with Gasteiger partial charge in [0.1, 0.15) is 5.78 Å². The second-order valence-electron chi connectivity index (χ2n) is 6.37. The number of likely N-dealkylation sites (tertiary alicyclic amines) is 1. The van der Waals surface area contributed by atoms with Gasteiger partial charge in [-0.15, -0.1) is 0 Å². The van der Waals surface area contributed by atoms with E-state index < -0.39 is 0 Å². The first-order chi connectivity index (χ1) is 10.2. The van der Waals surface area contributed by atoms with Gasteiger partial charge in [-0.3, -0.25) is 14.8 Å². The fraction of sp³-hybridized carbons (Fsp3) is 0.471. The zero-order valence-corrected chi connectivity index (χ0v) is 12.2. The number of benzene rings is 1. The van der Waals surface area contributed by atoms with Crippen molar-refractivity contribution in [1.29, 1.82) is 0 Å². The Hall–Kier alpha value is -1.81. The summed E-state index contributed by atoms with van der Waals surface area (Å²) in [6, 6.07) is 4.47. The van der Waals surface area contributed by atoms with Crippen LogP contribution in [-0.4, -0.2) is 40.3 Å². The predicted molar refractivity (Wildman–Crippen MR) is 81.4 cm³/mol. The minimum Gasteiger partial charge on any atom is -0.302 e. The normalized spacial score (nSPS) is 24.2. The molecule has 0 saturated carbocycles. The summed E-state index contributed by atoms with van der Waals surface area (Å²) in [4.78, 5) is 22.5. The molecule has 1 saturated heterocycles. The van der Waals surface area contributed by atoms with Crippen LogP contribution >= 0.6 is 0 Å². The lowest BCUT2D eigenvalue weighted by Gasteiger charge is -2.31. The van der Waals surface area contributed by atoms with E-state index in [-0.39, 0.29) is 5.78 Å². The SMILES string of the molecule is CC(=O)CCN1CC2CC(C1)c1cc3nccnc3cc12. The lowest BCUT2D eigenvalue weighted by atomic mass is 9.95. The highest BCUT2D eigenvalue weighted by Gasteiger charge is 2.37. The molecule has 0 amide bonds. The van der Waals surface area contributed by atoms with Gasteiger partial charge in [0.25, 0.3) is 0 Å². The number of Topliss-reactive ketones (excluding diaryl/α,β-unsaturated/α-hetero) is 1. The summed E-state index contributed by atoms with van der Waals surface area (Å²) in [6.45, 7) is 4.72. The maximum atomic E-state index is 11.2. The maximum Gasteiger partial charge on any atom is 0.131 e. The van der Waals surface area contributed by atoms with E-state index in [1.54, 1.807) is 19.3 Å². The van der Waals surface area contributed by atoms with Crippen LogP contribution in [0, 0.1) is 0 Å². The number of ketones is 1. The summed E-state index contributed by atoms with van der Waals surface area (Å²) in [5.74, 6) is 1.47. The number of fused-ring (bicyclic) bond motifs is 6. The van der Waals surface area contributed by atoms with Gasteiger partial charge in [0.05, 0.1) is 11.0 Å². The Bertz CT molecular complexity index is 662. The molecule has 1 aromatic heterocycles. The van der Waals surface area contributed by atoms with Gasteiger partial charge in [0.15, 0.2) is 0 Å². The van der Waals surface area contributed by atoms with Crippen molar-refractivity contribution in [3.63, 3.8) is 0 Å². The predicted octanol–water partition coefficient (Wildman–Crippen LogP) is 2.50. The van der Waals surface area contributed by atoms with E-state index in [1.807, 2.05) is 0 Å². The quantitative estimate of drug-likeness (QED) is 0.867. The number of rotatable bonds is 3. The molecule has 2 bridgehead atoms. The van der Waals surface area contributed by atoms with Gasteiger partial charge in [0, 0.05) is 38.4 Å². The van der Waals surface area contributed by atoms with E-state index >= 15 is 0 Å². The highest BCUT2D eigenvalue weighted by molar-refractivity contribution is 5.77. The molecule has 1 aliphatic heterocycles. The molecule has 4 rings (SSSR count). The van der Waals surface area contributed by atoms with Gasteiger partial charge >= 0.3 is 0 Å². The average molecular weight is 281 g/mol. The first kappa shape index (κ1) is 12.9. The van der Waals surface area contributed by atoms with E-state index in [4.69, 9.17) is 0 Å². The maximum absolute atomic E-state index is 11.2. The molecule has 1 fully saturated rings. The fourth-order valence-electron chi connectivity index (χ4n) is 3.89. The third-order valence-electron chi connectivity index (χ3n) is 4.86. The van der Waals surface area contributed by atoms with Crippen LogP contribution in [0.15, 0.2) is 24.5 Å². The number of nitrogens with zero attached hydrogens (tertiary/aromatic N) is 3. The molecule has 4 nitrogen and oxygen atoms in total. The Balaban J connectivity index is 1.65. The molecule has 108 valence electrons. The van der Waals surface area contributed by atoms with Gasteiger partial charge in [-0.05, 0) is 48.4 Å². The molecule has 2 atom stereocenters. The lowest BCUT2D eigenvalue weighted by molar-refractivity contribution is -0.117. The summed E-state index contributed by atoms with van der Waals surface area (Å²) in [6.07, 6.45) is 5.42. The molecule has 0 N–H and O–H groups in total. The van der Waals surface area contributed by atoms with Gasteiger partial charge in [-0.2, -0.15) is 0 Å². The largest absolute Gasteiger partial charge is 0.302 e. The second-order valence-corrected chi connectivity index (χ2v) is 6.37. The zero-order chi connectivity index (χ0) is 14.4. The molecule has 2 aliphatic rings. The van der Waals surface area contributed by atoms with Crippen molar-refractivity contribution in [1.82, 2.24) is 14.9 Å². The van der Waals surface area contributed by atoms with E-state index in [1.165, 1.54) is 17.5 Å². The zero-order valence-electron chi connectivity index (χ0n) is 12.2. The van der Waals surface area contributed by atoms with Crippen LogP contribution in [-0.2, 0) is 4.79 Å². The second kappa shape index (κ2) is 4.88. The molecule has 1 aliphatic carbocycles. The average Bonchev–Trinajstić information content (AvgIpc) is 2.74. The number of aromatic nitrogens is 2. The van der Waals surface area contributed by atoms with E-state index in [2.05, 4.69) is 27.0 Å². The van der Waals surface area contributed by atoms with Gasteiger partial charge < -0.3 is 4.90 Å². The number of hydrogen-bond donors (Lipinski definition) is 0. The first-order valence-electron chi connectivity index (χ1n) is 7.67. The van der Waals surface area contributed by atoms with Crippen molar-refractivity contribution in [3.8, 4) is 0 Å². The van der Waals surface area contributed by atoms with Crippen LogP contribution in [0.25, 0.3) is 11.0 Å². The molecular weight excluding hydrogens is 262 g/mol. The number of carbonyl (C=O) groups excluding carboxylic acids is 1. The van der Waals surface area contributed by atoms with Gasteiger partial charge in [-0.1, -0.05) is 0 Å². The molecule has 0 radical (unpaired) electrons. The summed E-state index contributed by atoms with van der Waals surface area (Å²) in [5.41, 5.74) is 4.91. The minimum atomic E-state index is 0.282. The standard InChI is InChI=1S/C17H19N3O/c1-11(21)2-5-20-9-12-6-13(10-20)15-8-17-16(7-14(12)15)18-3-4-19-17/h3-4,7-8,12-13H,2,5-6,9-10H2,1H3. The number of carbonyl (C=O) groups is 1. The Morgan fingerprint density at radius 3 is 2.24 bits per heavy atom. The van der Waals surface area contributed by atoms with Crippen LogP contribution in [0.3, 0.4) is 0 Å².